The molecule has 7 rings (SSSR count). The van der Waals surface area contributed by atoms with Crippen LogP contribution in [0.1, 0.15) is 33.6 Å². The van der Waals surface area contributed by atoms with E-state index < -0.39 is 27.9 Å². The van der Waals surface area contributed by atoms with Crippen LogP contribution in [0, 0.1) is 0 Å². The number of hydrogen-bond acceptors (Lipinski definition) is 6. The number of benzene rings is 6. The van der Waals surface area contributed by atoms with Gasteiger partial charge in [-0.1, -0.05) is 158 Å². The van der Waals surface area contributed by atoms with Gasteiger partial charge in [-0.05, 0) is 59.8 Å². The van der Waals surface area contributed by atoms with Crippen LogP contribution in [0.25, 0.3) is 0 Å². The molecule has 1 fully saturated rings. The molecule has 4 N–H and O–H groups in total. The van der Waals surface area contributed by atoms with E-state index in [2.05, 4.69) is 64.5 Å². The van der Waals surface area contributed by atoms with Crippen molar-refractivity contribution in [1.29, 1.82) is 0 Å². The number of carbonyl (C=O) groups is 4. The SMILES string of the molecule is O=C(CCC(=O)N1C[C@@H](NC(=O)c2ccccc2P(c2ccccc2)c2ccccc2)[C@H](NC(=O)c2ccccc2P(c2ccccc2)c2ccccc2)C1)NCCOCCO. The van der Waals surface area contributed by atoms with E-state index in [0.29, 0.717) is 11.1 Å². The first-order valence-corrected chi connectivity index (χ1v) is 23.4. The second-order valence-corrected chi connectivity index (χ2v) is 19.1. The molecular weight excluding hydrogens is 815 g/mol. The molecule has 0 saturated carbocycles. The Morgan fingerprint density at radius 1 is 0.532 bits per heavy atom. The third kappa shape index (κ3) is 11.3. The predicted molar refractivity (Wildman–Crippen MR) is 250 cm³/mol. The number of likely N-dealkylation sites (tertiary alicyclic amines) is 1. The summed E-state index contributed by atoms with van der Waals surface area (Å²) in [4.78, 5) is 57.2. The van der Waals surface area contributed by atoms with E-state index in [1.54, 1.807) is 4.90 Å². The van der Waals surface area contributed by atoms with E-state index in [1.165, 1.54) is 0 Å². The van der Waals surface area contributed by atoms with Gasteiger partial charge in [0.25, 0.3) is 11.8 Å². The maximum Gasteiger partial charge on any atom is 0.252 e. The van der Waals surface area contributed by atoms with Crippen LogP contribution in [0.2, 0.25) is 0 Å². The number of ether oxygens (including phenoxy) is 1. The normalized spacial score (nSPS) is 14.7. The summed E-state index contributed by atoms with van der Waals surface area (Å²) in [5.74, 6) is -1.17. The number of nitrogens with one attached hydrogen (secondary N) is 3. The standard InChI is InChI=1S/C50H50N4O6P2/c55-32-34-60-33-31-51-47(56)29-30-48(57)54-35-43(52-49(58)41-25-13-15-27-45(41)61(37-17-5-1-6-18-37)38-19-7-2-8-20-38)44(36-54)53-50(59)42-26-14-16-28-46(42)62(39-21-9-3-10-22-39)40-23-11-4-12-24-40/h1-28,43-44,55H,29-36H2,(H,51,56)(H,52,58)(H,53,59)/t43-,44-/m1/s1. The summed E-state index contributed by atoms with van der Waals surface area (Å²) in [6.45, 7) is 0.865. The molecule has 0 radical (unpaired) electrons. The van der Waals surface area contributed by atoms with Crippen LogP contribution in [0.3, 0.4) is 0 Å². The van der Waals surface area contributed by atoms with Crippen LogP contribution in [0.15, 0.2) is 170 Å². The number of aliphatic hydroxyl groups is 1. The zero-order chi connectivity index (χ0) is 43.1. The van der Waals surface area contributed by atoms with Crippen molar-refractivity contribution in [2.75, 3.05) is 39.5 Å². The zero-order valence-electron chi connectivity index (χ0n) is 34.3. The van der Waals surface area contributed by atoms with E-state index in [9.17, 15) is 19.2 Å². The Kier molecular flexibility index (Phi) is 15.8. The van der Waals surface area contributed by atoms with Crippen LogP contribution in [0.4, 0.5) is 0 Å². The average molecular weight is 865 g/mol. The minimum atomic E-state index is -1.11. The molecule has 6 aromatic carbocycles. The third-order valence-corrected chi connectivity index (χ3v) is 15.5. The van der Waals surface area contributed by atoms with E-state index in [-0.39, 0.29) is 75.9 Å². The average Bonchev–Trinajstić information content (AvgIpc) is 3.71. The number of nitrogens with zero attached hydrogens (tertiary/aromatic N) is 1. The molecule has 0 aromatic heterocycles. The second kappa shape index (κ2) is 22.2. The van der Waals surface area contributed by atoms with Gasteiger partial charge in [0.05, 0.1) is 31.9 Å². The topological polar surface area (TPSA) is 137 Å². The Morgan fingerprint density at radius 3 is 1.32 bits per heavy atom. The van der Waals surface area contributed by atoms with Crippen LogP contribution in [-0.2, 0) is 14.3 Å². The Balaban J connectivity index is 1.16. The molecule has 6 aromatic rings. The summed E-state index contributed by atoms with van der Waals surface area (Å²) in [5.41, 5.74) is 1.03. The lowest BCUT2D eigenvalue weighted by molar-refractivity contribution is -0.132. The van der Waals surface area contributed by atoms with Gasteiger partial charge in [-0.2, -0.15) is 0 Å². The van der Waals surface area contributed by atoms with Crippen molar-refractivity contribution >= 4 is 71.3 Å². The molecule has 12 heteroatoms. The molecule has 0 spiro atoms. The second-order valence-electron chi connectivity index (χ2n) is 14.7. The first-order chi connectivity index (χ1) is 30.4. The zero-order valence-corrected chi connectivity index (χ0v) is 36.1. The largest absolute Gasteiger partial charge is 0.394 e. The molecule has 62 heavy (non-hydrogen) atoms. The molecule has 0 unspecified atom stereocenters. The van der Waals surface area contributed by atoms with E-state index in [0.717, 1.165) is 31.8 Å². The fraction of sp³-hybridized carbons (Fsp3) is 0.200. The van der Waals surface area contributed by atoms with Crippen molar-refractivity contribution in [2.24, 2.45) is 0 Å². The van der Waals surface area contributed by atoms with Crippen molar-refractivity contribution in [3.63, 3.8) is 0 Å². The van der Waals surface area contributed by atoms with Gasteiger partial charge >= 0.3 is 0 Å². The quantitative estimate of drug-likeness (QED) is 0.0767. The molecule has 316 valence electrons. The minimum Gasteiger partial charge on any atom is -0.394 e. The van der Waals surface area contributed by atoms with Gasteiger partial charge in [-0.25, -0.2) is 0 Å². The van der Waals surface area contributed by atoms with Crippen molar-refractivity contribution in [3.8, 4) is 0 Å². The van der Waals surface area contributed by atoms with E-state index in [1.807, 2.05) is 121 Å². The smallest absolute Gasteiger partial charge is 0.252 e. The number of rotatable bonds is 18. The van der Waals surface area contributed by atoms with E-state index >= 15 is 0 Å². The summed E-state index contributed by atoms with van der Waals surface area (Å²) in [6.07, 6.45) is -0.0810. The lowest BCUT2D eigenvalue weighted by Gasteiger charge is -2.25. The number of amides is 4. The maximum absolute atomic E-state index is 14.6. The van der Waals surface area contributed by atoms with Gasteiger partial charge in [0.1, 0.15) is 0 Å². The highest BCUT2D eigenvalue weighted by atomic mass is 31.1. The van der Waals surface area contributed by atoms with Crippen LogP contribution in [0.5, 0.6) is 0 Å². The van der Waals surface area contributed by atoms with Gasteiger partial charge in [-0.3, -0.25) is 19.2 Å². The monoisotopic (exact) mass is 864 g/mol. The molecule has 0 aliphatic carbocycles. The number of aliphatic hydroxyl groups excluding tert-OH is 1. The molecule has 0 bridgehead atoms. The minimum absolute atomic E-state index is 0.0326. The molecule has 1 aliphatic rings. The lowest BCUT2D eigenvalue weighted by Crippen LogP contribution is -2.52. The van der Waals surface area contributed by atoms with Crippen LogP contribution in [-0.4, -0.2) is 85.2 Å². The first kappa shape index (κ1) is 44.0. The van der Waals surface area contributed by atoms with Crippen molar-refractivity contribution < 1.29 is 29.0 Å². The van der Waals surface area contributed by atoms with Gasteiger partial charge in [0.2, 0.25) is 11.8 Å². The first-order valence-electron chi connectivity index (χ1n) is 20.7. The molecule has 1 aliphatic heterocycles. The maximum atomic E-state index is 14.6. The molecular formula is C50H50N4O6P2. The van der Waals surface area contributed by atoms with Crippen LogP contribution < -0.4 is 47.8 Å². The fourth-order valence-corrected chi connectivity index (χ4v) is 12.5. The highest BCUT2D eigenvalue weighted by Gasteiger charge is 2.38. The lowest BCUT2D eigenvalue weighted by atomic mass is 10.1. The van der Waals surface area contributed by atoms with Gasteiger partial charge < -0.3 is 30.7 Å². The predicted octanol–water partition coefficient (Wildman–Crippen LogP) is 3.85. The molecule has 10 nitrogen and oxygen atoms in total. The Labute approximate surface area is 365 Å². The van der Waals surface area contributed by atoms with Crippen molar-refractivity contribution in [1.82, 2.24) is 20.9 Å². The van der Waals surface area contributed by atoms with Crippen LogP contribution >= 0.6 is 15.8 Å². The van der Waals surface area contributed by atoms with Gasteiger partial charge in [0, 0.05) is 43.6 Å². The summed E-state index contributed by atoms with van der Waals surface area (Å²) in [6, 6.07) is 54.6. The highest BCUT2D eigenvalue weighted by Crippen LogP contribution is 2.35. The molecule has 4 amide bonds. The molecule has 1 saturated heterocycles. The number of carbonyl (C=O) groups excluding carboxylic acids is 4. The molecule has 2 atom stereocenters. The Morgan fingerprint density at radius 2 is 0.919 bits per heavy atom. The summed E-state index contributed by atoms with van der Waals surface area (Å²) >= 11 is 0. The Bertz CT molecular complexity index is 2180. The van der Waals surface area contributed by atoms with Crippen molar-refractivity contribution in [3.05, 3.63) is 181 Å². The van der Waals surface area contributed by atoms with Crippen molar-refractivity contribution in [2.45, 2.75) is 24.9 Å². The number of hydrogen-bond donors (Lipinski definition) is 4. The highest BCUT2D eigenvalue weighted by molar-refractivity contribution is 7.80. The Hall–Kier alpha value is -6.02. The van der Waals surface area contributed by atoms with E-state index in [4.69, 9.17) is 9.84 Å². The van der Waals surface area contributed by atoms with Gasteiger partial charge in [0.15, 0.2) is 0 Å². The summed E-state index contributed by atoms with van der Waals surface area (Å²) in [7, 11) is -2.22. The summed E-state index contributed by atoms with van der Waals surface area (Å²) in [5, 5.41) is 24.3. The van der Waals surface area contributed by atoms with Gasteiger partial charge in [-0.15, -0.1) is 0 Å². The third-order valence-electron chi connectivity index (χ3n) is 10.5. The summed E-state index contributed by atoms with van der Waals surface area (Å²) < 4.78 is 5.21. The molecule has 1 heterocycles. The fourth-order valence-electron chi connectivity index (χ4n) is 7.57.